The van der Waals surface area contributed by atoms with Crippen molar-refractivity contribution in [3.63, 3.8) is 0 Å². The van der Waals surface area contributed by atoms with Gasteiger partial charge in [0, 0.05) is 25.3 Å². The van der Waals surface area contributed by atoms with Crippen molar-refractivity contribution >= 4 is 18.2 Å². The Morgan fingerprint density at radius 3 is 2.17 bits per heavy atom. The van der Waals surface area contributed by atoms with Gasteiger partial charge in [-0.1, -0.05) is 38.0 Å². The van der Waals surface area contributed by atoms with Gasteiger partial charge >= 0.3 is 11.9 Å². The van der Waals surface area contributed by atoms with Crippen molar-refractivity contribution in [2.75, 3.05) is 0 Å². The highest BCUT2D eigenvalue weighted by Crippen LogP contribution is 2.47. The molecule has 1 aromatic rings. The van der Waals surface area contributed by atoms with Crippen LogP contribution in [0.5, 0.6) is 11.5 Å². The van der Waals surface area contributed by atoms with E-state index in [1.807, 2.05) is 25.1 Å². The van der Waals surface area contributed by atoms with E-state index >= 15 is 0 Å². The number of benzene rings is 1. The molecule has 0 aromatic heterocycles. The molecule has 1 unspecified atom stereocenters. The van der Waals surface area contributed by atoms with Gasteiger partial charge in [-0.25, -0.2) is 0 Å². The van der Waals surface area contributed by atoms with Crippen molar-refractivity contribution in [1.29, 1.82) is 0 Å². The van der Waals surface area contributed by atoms with E-state index in [0.29, 0.717) is 29.1 Å². The third-order valence-electron chi connectivity index (χ3n) is 5.43. The summed E-state index contributed by atoms with van der Waals surface area (Å²) in [5.41, 5.74) is 3.22. The highest BCUT2D eigenvalue weighted by atomic mass is 16.5. The lowest BCUT2D eigenvalue weighted by Crippen LogP contribution is -2.21. The molecule has 5 nitrogen and oxygen atoms in total. The summed E-state index contributed by atoms with van der Waals surface area (Å²) in [5, 5.41) is 0. The normalized spacial score (nSPS) is 18.3. The van der Waals surface area contributed by atoms with Gasteiger partial charge in [0.05, 0.1) is 0 Å². The largest absolute Gasteiger partial charge is 0.426 e. The Morgan fingerprint density at radius 1 is 1.10 bits per heavy atom. The van der Waals surface area contributed by atoms with Gasteiger partial charge in [-0.05, 0) is 61.8 Å². The molecule has 162 valence electrons. The Kier molecular flexibility index (Phi) is 8.58. The third kappa shape index (κ3) is 6.15. The first-order valence-electron chi connectivity index (χ1n) is 10.6. The Hall–Kier alpha value is -2.69. The average Bonchev–Trinajstić information content (AvgIpc) is 2.66. The van der Waals surface area contributed by atoms with Crippen molar-refractivity contribution in [2.24, 2.45) is 5.92 Å². The number of aldehydes is 1. The van der Waals surface area contributed by atoms with Crippen LogP contribution in [0.15, 0.2) is 35.9 Å². The van der Waals surface area contributed by atoms with Gasteiger partial charge in [0.15, 0.2) is 0 Å². The fourth-order valence-corrected chi connectivity index (χ4v) is 4.05. The minimum atomic E-state index is -0.446. The molecule has 0 N–H and O–H groups in total. The molecule has 0 radical (unpaired) electrons. The highest BCUT2D eigenvalue weighted by Gasteiger charge is 2.32. The molecule has 0 saturated heterocycles. The maximum atomic E-state index is 11.9. The van der Waals surface area contributed by atoms with Crippen LogP contribution in [0.2, 0.25) is 0 Å². The van der Waals surface area contributed by atoms with Gasteiger partial charge in [-0.15, -0.1) is 0 Å². The lowest BCUT2D eigenvalue weighted by atomic mass is 9.73. The number of rotatable bonds is 9. The minimum Gasteiger partial charge on any atom is -0.426 e. The third-order valence-corrected chi connectivity index (χ3v) is 5.43. The second-order valence-electron chi connectivity index (χ2n) is 8.03. The van der Waals surface area contributed by atoms with Crippen molar-refractivity contribution in [2.45, 2.75) is 72.1 Å². The van der Waals surface area contributed by atoms with Crippen LogP contribution >= 0.6 is 0 Å². The zero-order valence-electron chi connectivity index (χ0n) is 18.5. The summed E-state index contributed by atoms with van der Waals surface area (Å²) in [6.07, 6.45) is 8.12. The van der Waals surface area contributed by atoms with Crippen molar-refractivity contribution in [3.8, 4) is 11.5 Å². The monoisotopic (exact) mass is 412 g/mol. The SMILES string of the molecule is C=C(C)[C@@H]1CCC(C=O)=CC1c1c(OC(C)=O)cc(CCCCC)cc1OC(C)=O. The van der Waals surface area contributed by atoms with Gasteiger partial charge in [0.2, 0.25) is 0 Å². The molecular weight excluding hydrogens is 380 g/mol. The molecule has 0 saturated carbocycles. The van der Waals surface area contributed by atoms with Crippen LogP contribution in [0, 0.1) is 5.92 Å². The minimum absolute atomic E-state index is 0.0447. The number of hydrogen-bond donors (Lipinski definition) is 0. The number of esters is 2. The average molecular weight is 413 g/mol. The molecule has 1 aromatic carbocycles. The number of allylic oxidation sites excluding steroid dienone is 3. The van der Waals surface area contributed by atoms with Crippen molar-refractivity contribution in [1.82, 2.24) is 0 Å². The van der Waals surface area contributed by atoms with Crippen LogP contribution in [-0.4, -0.2) is 18.2 Å². The van der Waals surface area contributed by atoms with Crippen LogP contribution in [0.3, 0.4) is 0 Å². The van der Waals surface area contributed by atoms with E-state index in [-0.39, 0.29) is 11.8 Å². The lowest BCUT2D eigenvalue weighted by Gasteiger charge is -2.32. The molecule has 5 heteroatoms. The Labute approximate surface area is 179 Å². The predicted octanol–water partition coefficient (Wildman–Crippen LogP) is 5.46. The zero-order valence-corrected chi connectivity index (χ0v) is 18.5. The second-order valence-corrected chi connectivity index (χ2v) is 8.03. The molecule has 0 amide bonds. The predicted molar refractivity (Wildman–Crippen MR) is 117 cm³/mol. The van der Waals surface area contributed by atoms with Gasteiger partial charge in [0.25, 0.3) is 0 Å². The van der Waals surface area contributed by atoms with Crippen molar-refractivity contribution in [3.05, 3.63) is 47.1 Å². The first-order valence-corrected chi connectivity index (χ1v) is 10.6. The number of aryl methyl sites for hydroxylation is 1. The fraction of sp³-hybridized carbons (Fsp3) is 0.480. The molecular formula is C25H32O5. The van der Waals surface area contributed by atoms with E-state index in [4.69, 9.17) is 9.47 Å². The van der Waals surface area contributed by atoms with E-state index in [0.717, 1.165) is 49.5 Å². The van der Waals surface area contributed by atoms with Crippen LogP contribution in [0.25, 0.3) is 0 Å². The molecule has 30 heavy (non-hydrogen) atoms. The van der Waals surface area contributed by atoms with Gasteiger partial charge in [-0.3, -0.25) is 14.4 Å². The van der Waals surface area contributed by atoms with E-state index in [1.54, 1.807) is 0 Å². The molecule has 0 heterocycles. The Bertz CT molecular complexity index is 812. The summed E-state index contributed by atoms with van der Waals surface area (Å²) in [4.78, 5) is 35.2. The summed E-state index contributed by atoms with van der Waals surface area (Å²) in [5.74, 6) is -0.357. The number of unbranched alkanes of at least 4 members (excludes halogenated alkanes) is 2. The summed E-state index contributed by atoms with van der Waals surface area (Å²) in [7, 11) is 0. The Balaban J connectivity index is 2.68. The molecule has 1 aliphatic carbocycles. The Morgan fingerprint density at radius 2 is 1.70 bits per heavy atom. The lowest BCUT2D eigenvalue weighted by molar-refractivity contribution is -0.132. The molecule has 2 atom stereocenters. The molecule has 1 aliphatic rings. The topological polar surface area (TPSA) is 69.7 Å². The molecule has 0 fully saturated rings. The van der Waals surface area contributed by atoms with E-state index in [2.05, 4.69) is 13.5 Å². The van der Waals surface area contributed by atoms with Crippen LogP contribution in [0.1, 0.15) is 76.8 Å². The van der Waals surface area contributed by atoms with Crippen molar-refractivity contribution < 1.29 is 23.9 Å². The van der Waals surface area contributed by atoms with E-state index in [1.165, 1.54) is 13.8 Å². The van der Waals surface area contributed by atoms with Gasteiger partial charge < -0.3 is 9.47 Å². The number of ether oxygens (including phenoxy) is 2. The maximum Gasteiger partial charge on any atom is 0.308 e. The zero-order chi connectivity index (χ0) is 22.3. The second kappa shape index (κ2) is 10.9. The van der Waals surface area contributed by atoms with E-state index < -0.39 is 11.9 Å². The quantitative estimate of drug-likeness (QED) is 0.177. The maximum absolute atomic E-state index is 11.9. The van der Waals surface area contributed by atoms with Gasteiger partial charge in [0.1, 0.15) is 17.8 Å². The van der Waals surface area contributed by atoms with Crippen LogP contribution in [0.4, 0.5) is 0 Å². The first-order chi connectivity index (χ1) is 14.3. The smallest absolute Gasteiger partial charge is 0.308 e. The summed E-state index contributed by atoms with van der Waals surface area (Å²) in [6, 6.07) is 3.72. The molecule has 0 bridgehead atoms. The fourth-order valence-electron chi connectivity index (χ4n) is 4.05. The highest BCUT2D eigenvalue weighted by molar-refractivity contribution is 5.76. The number of carbonyl (C=O) groups is 3. The van der Waals surface area contributed by atoms with Crippen LogP contribution < -0.4 is 9.47 Å². The summed E-state index contributed by atoms with van der Waals surface area (Å²) in [6.45, 7) is 10.9. The number of carbonyl (C=O) groups excluding carboxylic acids is 3. The standard InChI is InChI=1S/C25H32O5/c1-6-7-8-9-19-13-23(29-17(4)27)25(24(14-19)30-18(5)28)22-12-20(15-26)10-11-21(22)16(2)3/h12-15,21-22H,2,6-11H2,1,3-5H3/t21-,22?/m0/s1. The van der Waals surface area contributed by atoms with Crippen LogP contribution in [-0.2, 0) is 20.8 Å². The summed E-state index contributed by atoms with van der Waals surface area (Å²) >= 11 is 0. The van der Waals surface area contributed by atoms with Gasteiger partial charge in [-0.2, -0.15) is 0 Å². The first kappa shape index (κ1) is 23.6. The molecule has 0 spiro atoms. The molecule has 0 aliphatic heterocycles. The summed E-state index contributed by atoms with van der Waals surface area (Å²) < 4.78 is 11.2. The molecule has 2 rings (SSSR count). The number of hydrogen-bond acceptors (Lipinski definition) is 5. The van der Waals surface area contributed by atoms with E-state index in [9.17, 15) is 14.4 Å².